The SMILES string of the molecule is CC[C@@H](C)n1c(SC[C@@H](O)COc2ccc(C)cc2)nc2ccccc2c1=O. The average Bonchev–Trinajstić information content (AvgIpc) is 2.71. The highest BCUT2D eigenvalue weighted by Gasteiger charge is 2.17. The van der Waals surface area contributed by atoms with Crippen LogP contribution < -0.4 is 10.3 Å². The third-order valence-electron chi connectivity index (χ3n) is 4.68. The van der Waals surface area contributed by atoms with Crippen LogP contribution >= 0.6 is 11.8 Å². The lowest BCUT2D eigenvalue weighted by atomic mass is 10.2. The number of ether oxygens (including phenoxy) is 1. The third-order valence-corrected chi connectivity index (χ3v) is 5.77. The molecule has 28 heavy (non-hydrogen) atoms. The fourth-order valence-corrected chi connectivity index (χ4v) is 3.85. The van der Waals surface area contributed by atoms with Crippen molar-refractivity contribution in [1.29, 1.82) is 0 Å². The Morgan fingerprint density at radius 2 is 1.89 bits per heavy atom. The fourth-order valence-electron chi connectivity index (χ4n) is 2.84. The van der Waals surface area contributed by atoms with E-state index in [9.17, 15) is 9.90 Å². The molecular weight excluding hydrogens is 372 g/mol. The molecule has 0 unspecified atom stereocenters. The molecule has 3 aromatic rings. The van der Waals surface area contributed by atoms with Gasteiger partial charge >= 0.3 is 0 Å². The van der Waals surface area contributed by atoms with Gasteiger partial charge in [0.2, 0.25) is 0 Å². The van der Waals surface area contributed by atoms with Gasteiger partial charge in [-0.25, -0.2) is 4.98 Å². The first-order chi connectivity index (χ1) is 13.5. The van der Waals surface area contributed by atoms with Crippen molar-refractivity contribution in [2.75, 3.05) is 12.4 Å². The Hall–Kier alpha value is -2.31. The van der Waals surface area contributed by atoms with E-state index in [1.807, 2.05) is 69.3 Å². The molecule has 3 rings (SSSR count). The van der Waals surface area contributed by atoms with Crippen molar-refractivity contribution in [3.63, 3.8) is 0 Å². The van der Waals surface area contributed by atoms with Crippen LogP contribution in [0.3, 0.4) is 0 Å². The van der Waals surface area contributed by atoms with E-state index < -0.39 is 6.10 Å². The van der Waals surface area contributed by atoms with Gasteiger partial charge in [0.25, 0.3) is 5.56 Å². The number of rotatable bonds is 8. The maximum absolute atomic E-state index is 13.0. The molecule has 0 saturated heterocycles. The van der Waals surface area contributed by atoms with Crippen LogP contribution in [0.25, 0.3) is 10.9 Å². The van der Waals surface area contributed by atoms with Crippen molar-refractivity contribution in [3.8, 4) is 5.75 Å². The van der Waals surface area contributed by atoms with Gasteiger partial charge in [0, 0.05) is 11.8 Å². The monoisotopic (exact) mass is 398 g/mol. The van der Waals surface area contributed by atoms with Crippen molar-refractivity contribution >= 4 is 22.7 Å². The number of aryl methyl sites for hydroxylation is 1. The first-order valence-corrected chi connectivity index (χ1v) is 10.5. The molecule has 1 heterocycles. The molecule has 2 aromatic carbocycles. The second kappa shape index (κ2) is 9.26. The largest absolute Gasteiger partial charge is 0.491 e. The minimum Gasteiger partial charge on any atom is -0.491 e. The fraction of sp³-hybridized carbons (Fsp3) is 0.364. The second-order valence-corrected chi connectivity index (χ2v) is 7.92. The Kier molecular flexibility index (Phi) is 6.75. The molecule has 0 spiro atoms. The summed E-state index contributed by atoms with van der Waals surface area (Å²) in [5, 5.41) is 11.6. The molecule has 0 aliphatic rings. The summed E-state index contributed by atoms with van der Waals surface area (Å²) >= 11 is 1.39. The summed E-state index contributed by atoms with van der Waals surface area (Å²) in [6, 6.07) is 15.1. The number of para-hydroxylation sites is 1. The lowest BCUT2D eigenvalue weighted by molar-refractivity contribution is 0.126. The first kappa shape index (κ1) is 20.4. The van der Waals surface area contributed by atoms with E-state index in [4.69, 9.17) is 4.74 Å². The normalized spacial score (nSPS) is 13.4. The standard InChI is InChI=1S/C22H26N2O3S/c1-4-16(3)24-21(26)19-7-5-6-8-20(19)23-22(24)28-14-17(25)13-27-18-11-9-15(2)10-12-18/h5-12,16-17,25H,4,13-14H2,1-3H3/t16-,17+/m1/s1. The van der Waals surface area contributed by atoms with Crippen LogP contribution in [-0.4, -0.2) is 33.1 Å². The molecule has 2 atom stereocenters. The van der Waals surface area contributed by atoms with Gasteiger partial charge in [-0.3, -0.25) is 9.36 Å². The highest BCUT2D eigenvalue weighted by atomic mass is 32.2. The highest BCUT2D eigenvalue weighted by molar-refractivity contribution is 7.99. The smallest absolute Gasteiger partial charge is 0.262 e. The van der Waals surface area contributed by atoms with Gasteiger partial charge < -0.3 is 9.84 Å². The number of nitrogens with zero attached hydrogens (tertiary/aromatic N) is 2. The van der Waals surface area contributed by atoms with E-state index >= 15 is 0 Å². The lowest BCUT2D eigenvalue weighted by Crippen LogP contribution is -2.27. The van der Waals surface area contributed by atoms with Gasteiger partial charge in [-0.05, 0) is 44.5 Å². The summed E-state index contributed by atoms with van der Waals surface area (Å²) in [6.45, 7) is 6.27. The minimum absolute atomic E-state index is 0.0344. The van der Waals surface area contributed by atoms with Crippen LogP contribution in [0.5, 0.6) is 5.75 Å². The number of benzene rings is 2. The summed E-state index contributed by atoms with van der Waals surface area (Å²) in [5.41, 5.74) is 1.81. The highest BCUT2D eigenvalue weighted by Crippen LogP contribution is 2.23. The maximum atomic E-state index is 13.0. The Morgan fingerprint density at radius 1 is 1.18 bits per heavy atom. The number of thioether (sulfide) groups is 1. The average molecular weight is 399 g/mol. The lowest BCUT2D eigenvalue weighted by Gasteiger charge is -2.19. The zero-order valence-electron chi connectivity index (χ0n) is 16.5. The summed E-state index contributed by atoms with van der Waals surface area (Å²) in [4.78, 5) is 17.6. The van der Waals surface area contributed by atoms with Crippen molar-refractivity contribution in [2.45, 2.75) is 44.5 Å². The molecule has 148 valence electrons. The number of aliphatic hydroxyl groups excluding tert-OH is 1. The van der Waals surface area contributed by atoms with E-state index in [2.05, 4.69) is 4.98 Å². The van der Waals surface area contributed by atoms with Crippen LogP contribution in [-0.2, 0) is 0 Å². The van der Waals surface area contributed by atoms with Crippen LogP contribution in [0.1, 0.15) is 31.9 Å². The molecule has 0 aliphatic heterocycles. The van der Waals surface area contributed by atoms with Crippen molar-refractivity contribution in [3.05, 3.63) is 64.4 Å². The van der Waals surface area contributed by atoms with Gasteiger partial charge in [0.05, 0.1) is 17.0 Å². The van der Waals surface area contributed by atoms with Crippen molar-refractivity contribution < 1.29 is 9.84 Å². The number of aromatic nitrogens is 2. The number of fused-ring (bicyclic) bond motifs is 1. The van der Waals surface area contributed by atoms with Crippen molar-refractivity contribution in [2.24, 2.45) is 0 Å². The quantitative estimate of drug-likeness (QED) is 0.455. The molecule has 0 saturated carbocycles. The molecule has 0 bridgehead atoms. The zero-order valence-corrected chi connectivity index (χ0v) is 17.3. The molecule has 0 aliphatic carbocycles. The van der Waals surface area contributed by atoms with Gasteiger partial charge in [0.1, 0.15) is 12.4 Å². The third kappa shape index (κ3) is 4.75. The molecule has 6 heteroatoms. The van der Waals surface area contributed by atoms with Gasteiger partial charge in [-0.15, -0.1) is 0 Å². The first-order valence-electron chi connectivity index (χ1n) is 9.51. The van der Waals surface area contributed by atoms with Gasteiger partial charge in [-0.1, -0.05) is 48.5 Å². The topological polar surface area (TPSA) is 64.3 Å². The van der Waals surface area contributed by atoms with E-state index in [-0.39, 0.29) is 18.2 Å². The van der Waals surface area contributed by atoms with E-state index in [1.54, 1.807) is 4.57 Å². The zero-order chi connectivity index (χ0) is 20.1. The van der Waals surface area contributed by atoms with Gasteiger partial charge in [-0.2, -0.15) is 0 Å². The summed E-state index contributed by atoms with van der Waals surface area (Å²) < 4.78 is 7.39. The number of aliphatic hydroxyl groups is 1. The summed E-state index contributed by atoms with van der Waals surface area (Å²) in [6.07, 6.45) is 0.159. The molecule has 5 nitrogen and oxygen atoms in total. The second-order valence-electron chi connectivity index (χ2n) is 6.93. The van der Waals surface area contributed by atoms with Crippen molar-refractivity contribution in [1.82, 2.24) is 9.55 Å². The molecule has 0 amide bonds. The molecule has 1 aromatic heterocycles. The Balaban J connectivity index is 1.73. The molecule has 0 radical (unpaired) electrons. The molecule has 1 N–H and O–H groups in total. The maximum Gasteiger partial charge on any atom is 0.262 e. The van der Waals surface area contributed by atoms with E-state index in [0.717, 1.165) is 17.7 Å². The molecular formula is C22H26N2O3S. The van der Waals surface area contributed by atoms with Crippen LogP contribution in [0.4, 0.5) is 0 Å². The van der Waals surface area contributed by atoms with Gasteiger partial charge in [0.15, 0.2) is 5.16 Å². The Labute approximate surface area is 169 Å². The summed E-state index contributed by atoms with van der Waals surface area (Å²) in [5.74, 6) is 1.13. The van der Waals surface area contributed by atoms with E-state index in [0.29, 0.717) is 21.8 Å². The number of hydrogen-bond acceptors (Lipinski definition) is 5. The Bertz CT molecular complexity index is 985. The number of hydrogen-bond donors (Lipinski definition) is 1. The molecule has 0 fully saturated rings. The van der Waals surface area contributed by atoms with Crippen LogP contribution in [0, 0.1) is 6.92 Å². The van der Waals surface area contributed by atoms with Crippen LogP contribution in [0.15, 0.2) is 58.5 Å². The van der Waals surface area contributed by atoms with Crippen LogP contribution in [0.2, 0.25) is 0 Å². The predicted molar refractivity (Wildman–Crippen MR) is 114 cm³/mol. The summed E-state index contributed by atoms with van der Waals surface area (Å²) in [7, 11) is 0. The van der Waals surface area contributed by atoms with E-state index in [1.165, 1.54) is 11.8 Å². The Morgan fingerprint density at radius 3 is 2.61 bits per heavy atom. The predicted octanol–water partition coefficient (Wildman–Crippen LogP) is 4.21. The minimum atomic E-state index is -0.667.